The maximum absolute atomic E-state index is 12.4. The van der Waals surface area contributed by atoms with E-state index in [2.05, 4.69) is 20.2 Å². The highest BCUT2D eigenvalue weighted by Crippen LogP contribution is 2.35. The first-order chi connectivity index (χ1) is 12.0. The van der Waals surface area contributed by atoms with Gasteiger partial charge in [-0.3, -0.25) is 4.79 Å². The van der Waals surface area contributed by atoms with Gasteiger partial charge in [-0.05, 0) is 37.8 Å². The summed E-state index contributed by atoms with van der Waals surface area (Å²) < 4.78 is 5.70. The Labute approximate surface area is 155 Å². The van der Waals surface area contributed by atoms with Crippen LogP contribution in [0.15, 0.2) is 31.9 Å². The van der Waals surface area contributed by atoms with Crippen LogP contribution in [0.4, 0.5) is 0 Å². The molecule has 4 aromatic rings. The Morgan fingerprint density at radius 2 is 2.16 bits per heavy atom. The Hall–Kier alpha value is -1.97. The van der Waals surface area contributed by atoms with Crippen molar-refractivity contribution in [2.45, 2.75) is 31.2 Å². The lowest BCUT2D eigenvalue weighted by atomic mass is 10.2. The number of fused-ring (bicyclic) bond motifs is 1. The zero-order valence-electron chi connectivity index (χ0n) is 13.7. The van der Waals surface area contributed by atoms with Gasteiger partial charge in [0.05, 0.1) is 15.5 Å². The standard InChI is InChI=1S/C16H14N4O2S3/c1-7-8(2)24-15-11(7)13(21)17-12(18-15)9(3)25-16-20-19-14(22-16)10-5-4-6-23-10/h4-6,9H,1-3H3,(H,17,18,21)/t9-/m0/s1. The van der Waals surface area contributed by atoms with Gasteiger partial charge in [-0.1, -0.05) is 17.8 Å². The van der Waals surface area contributed by atoms with Crippen LogP contribution in [0.2, 0.25) is 0 Å². The maximum atomic E-state index is 12.4. The van der Waals surface area contributed by atoms with E-state index in [9.17, 15) is 4.79 Å². The molecule has 0 aromatic carbocycles. The zero-order valence-corrected chi connectivity index (χ0v) is 16.1. The van der Waals surface area contributed by atoms with Crippen molar-refractivity contribution < 1.29 is 4.42 Å². The number of rotatable bonds is 4. The Morgan fingerprint density at radius 3 is 2.92 bits per heavy atom. The summed E-state index contributed by atoms with van der Waals surface area (Å²) in [5, 5.41) is 11.1. The largest absolute Gasteiger partial charge is 0.410 e. The highest BCUT2D eigenvalue weighted by Gasteiger charge is 2.19. The maximum Gasteiger partial charge on any atom is 0.277 e. The number of thiophene rings is 2. The van der Waals surface area contributed by atoms with Gasteiger partial charge in [0.2, 0.25) is 0 Å². The van der Waals surface area contributed by atoms with Crippen molar-refractivity contribution in [3.63, 3.8) is 0 Å². The van der Waals surface area contributed by atoms with E-state index in [4.69, 9.17) is 4.42 Å². The van der Waals surface area contributed by atoms with Crippen LogP contribution in [0.1, 0.15) is 28.4 Å². The molecule has 0 bridgehead atoms. The zero-order chi connectivity index (χ0) is 17.6. The average molecular weight is 391 g/mol. The molecule has 128 valence electrons. The van der Waals surface area contributed by atoms with Gasteiger partial charge in [0.15, 0.2) is 0 Å². The fourth-order valence-corrected chi connectivity index (χ4v) is 4.85. The lowest BCUT2D eigenvalue weighted by Gasteiger charge is -2.07. The number of nitrogens with zero attached hydrogens (tertiary/aromatic N) is 3. The summed E-state index contributed by atoms with van der Waals surface area (Å²) >= 11 is 4.47. The van der Waals surface area contributed by atoms with E-state index in [-0.39, 0.29) is 10.8 Å². The van der Waals surface area contributed by atoms with Gasteiger partial charge in [-0.25, -0.2) is 4.98 Å². The monoisotopic (exact) mass is 390 g/mol. The number of aromatic nitrogens is 4. The molecule has 0 aliphatic heterocycles. The highest BCUT2D eigenvalue weighted by molar-refractivity contribution is 7.99. The molecule has 0 saturated carbocycles. The second-order valence-corrected chi connectivity index (χ2v) is 8.97. The number of thioether (sulfide) groups is 1. The van der Waals surface area contributed by atoms with Crippen molar-refractivity contribution in [3.05, 3.63) is 44.1 Å². The highest BCUT2D eigenvalue weighted by atomic mass is 32.2. The number of hydrogen-bond donors (Lipinski definition) is 1. The van der Waals surface area contributed by atoms with Gasteiger partial charge in [0, 0.05) is 4.88 Å². The van der Waals surface area contributed by atoms with E-state index < -0.39 is 0 Å². The Morgan fingerprint density at radius 1 is 1.32 bits per heavy atom. The third kappa shape index (κ3) is 3.03. The molecule has 4 heterocycles. The van der Waals surface area contributed by atoms with Gasteiger partial charge in [0.25, 0.3) is 16.7 Å². The minimum atomic E-state index is -0.114. The minimum Gasteiger partial charge on any atom is -0.410 e. The van der Waals surface area contributed by atoms with E-state index in [1.54, 1.807) is 22.7 Å². The number of H-pyrrole nitrogens is 1. The van der Waals surface area contributed by atoms with Crippen LogP contribution in [0.5, 0.6) is 0 Å². The van der Waals surface area contributed by atoms with Gasteiger partial charge in [0.1, 0.15) is 10.7 Å². The quantitative estimate of drug-likeness (QED) is 0.514. The van der Waals surface area contributed by atoms with E-state index in [1.807, 2.05) is 38.3 Å². The second kappa shape index (κ2) is 6.40. The number of aromatic amines is 1. The van der Waals surface area contributed by atoms with Gasteiger partial charge in [-0.2, -0.15) is 0 Å². The molecule has 0 fully saturated rings. The number of aryl methyl sites for hydroxylation is 2. The predicted octanol–water partition coefficient (Wildman–Crippen LogP) is 4.57. The molecule has 0 amide bonds. The summed E-state index contributed by atoms with van der Waals surface area (Å²) in [7, 11) is 0. The third-order valence-corrected chi connectivity index (χ3v) is 6.76. The fraction of sp³-hybridized carbons (Fsp3) is 0.250. The molecule has 0 unspecified atom stereocenters. The minimum absolute atomic E-state index is 0.0981. The van der Waals surface area contributed by atoms with Crippen LogP contribution in [-0.2, 0) is 0 Å². The molecule has 1 N–H and O–H groups in total. The Bertz CT molecular complexity index is 1090. The average Bonchev–Trinajstić information content (AvgIpc) is 3.29. The van der Waals surface area contributed by atoms with Crippen LogP contribution in [0.25, 0.3) is 21.0 Å². The van der Waals surface area contributed by atoms with Crippen LogP contribution in [-0.4, -0.2) is 20.2 Å². The molecule has 1 atom stereocenters. The summed E-state index contributed by atoms with van der Waals surface area (Å²) in [4.78, 5) is 22.7. The van der Waals surface area contributed by atoms with Crippen LogP contribution in [0.3, 0.4) is 0 Å². The van der Waals surface area contributed by atoms with E-state index in [0.717, 1.165) is 20.1 Å². The topological polar surface area (TPSA) is 84.7 Å². The molecule has 25 heavy (non-hydrogen) atoms. The summed E-state index contributed by atoms with van der Waals surface area (Å²) in [5.41, 5.74) is 0.900. The van der Waals surface area contributed by atoms with Crippen molar-refractivity contribution in [2.75, 3.05) is 0 Å². The van der Waals surface area contributed by atoms with Crippen LogP contribution >= 0.6 is 34.4 Å². The SMILES string of the molecule is Cc1sc2nc([C@H](C)Sc3nnc(-c4cccs4)o3)[nH]c(=O)c2c1C. The Balaban J connectivity index is 1.62. The summed E-state index contributed by atoms with van der Waals surface area (Å²) in [6.45, 7) is 5.91. The molecule has 0 aliphatic rings. The second-order valence-electron chi connectivity index (χ2n) is 5.53. The summed E-state index contributed by atoms with van der Waals surface area (Å²) in [6.07, 6.45) is 0. The lowest BCUT2D eigenvalue weighted by Crippen LogP contribution is -2.12. The van der Waals surface area contributed by atoms with E-state index in [1.165, 1.54) is 11.8 Å². The normalized spacial score (nSPS) is 12.8. The van der Waals surface area contributed by atoms with Crippen molar-refractivity contribution in [1.82, 2.24) is 20.2 Å². The molecular weight excluding hydrogens is 376 g/mol. The molecule has 4 aromatic heterocycles. The molecule has 0 spiro atoms. The number of nitrogens with one attached hydrogen (secondary N) is 1. The smallest absolute Gasteiger partial charge is 0.277 e. The molecular formula is C16H14N4O2S3. The van der Waals surface area contributed by atoms with Crippen LogP contribution in [0, 0.1) is 13.8 Å². The first-order valence-corrected chi connectivity index (χ1v) is 10.1. The van der Waals surface area contributed by atoms with Gasteiger partial charge in [-0.15, -0.1) is 32.9 Å². The van der Waals surface area contributed by atoms with E-state index >= 15 is 0 Å². The van der Waals surface area contributed by atoms with E-state index in [0.29, 0.717) is 22.3 Å². The first-order valence-electron chi connectivity index (χ1n) is 7.57. The molecule has 6 nitrogen and oxygen atoms in total. The van der Waals surface area contributed by atoms with Crippen molar-refractivity contribution >= 4 is 44.7 Å². The predicted molar refractivity (Wildman–Crippen MR) is 102 cm³/mol. The van der Waals surface area contributed by atoms with Gasteiger partial charge < -0.3 is 9.40 Å². The molecule has 0 aliphatic carbocycles. The first kappa shape index (κ1) is 16.5. The molecule has 0 saturated heterocycles. The summed E-state index contributed by atoms with van der Waals surface area (Å²) in [5.74, 6) is 1.12. The van der Waals surface area contributed by atoms with Crippen LogP contribution < -0.4 is 5.56 Å². The molecule has 0 radical (unpaired) electrons. The van der Waals surface area contributed by atoms with Crippen molar-refractivity contribution in [2.24, 2.45) is 0 Å². The number of hydrogen-bond acceptors (Lipinski definition) is 8. The van der Waals surface area contributed by atoms with Crippen molar-refractivity contribution in [3.8, 4) is 10.8 Å². The fourth-order valence-electron chi connectivity index (χ4n) is 2.43. The van der Waals surface area contributed by atoms with Crippen molar-refractivity contribution in [1.29, 1.82) is 0 Å². The molecule has 9 heteroatoms. The summed E-state index contributed by atoms with van der Waals surface area (Å²) in [6, 6.07) is 3.87. The Kier molecular flexibility index (Phi) is 4.22. The molecule has 4 rings (SSSR count). The third-order valence-electron chi connectivity index (χ3n) is 3.86. The lowest BCUT2D eigenvalue weighted by molar-refractivity contribution is 0.465. The van der Waals surface area contributed by atoms with Gasteiger partial charge >= 0.3 is 0 Å².